The first-order chi connectivity index (χ1) is 40.9. The molecule has 0 saturated heterocycles. The molecule has 28 nitrogen and oxygen atoms in total. The van der Waals surface area contributed by atoms with Crippen molar-refractivity contribution in [3.05, 3.63) is 94.4 Å². The maximum atomic E-state index is 14.0. The summed E-state index contributed by atoms with van der Waals surface area (Å²) in [6.07, 6.45) is 23.8. The number of ether oxygens (including phenoxy) is 5. The Hall–Kier alpha value is -8.32. The van der Waals surface area contributed by atoms with E-state index in [1.54, 1.807) is 31.3 Å². The molecule has 3 aromatic heterocycles. The van der Waals surface area contributed by atoms with E-state index < -0.39 is 51.2 Å². The SMILES string of the molecule is N#COCCCCCCn1c(=O)n(CCCCCCOC#N)c(=O)n(CCCCCCn2c(=O)n(CCCCCCOC#N)c(=O)n(CCCCCCn3c(=O)n(CCCCCCOC#N)c(=O)n(CCCCCCOC#N)c3=O)c2=O)c1=O. The van der Waals surface area contributed by atoms with Crippen LogP contribution >= 0.6 is 0 Å². The lowest BCUT2D eigenvalue weighted by atomic mass is 10.2. The van der Waals surface area contributed by atoms with Gasteiger partial charge in [-0.05, 0) is 122 Å². The van der Waals surface area contributed by atoms with Gasteiger partial charge in [0, 0.05) is 58.9 Å². The molecule has 0 amide bonds. The average Bonchev–Trinajstić information content (AvgIpc) is 2.88. The van der Waals surface area contributed by atoms with Crippen molar-refractivity contribution in [3.8, 4) is 31.3 Å². The summed E-state index contributed by atoms with van der Waals surface area (Å²) in [5, 5.41) is 43.1. The molecule has 0 saturated carbocycles. The van der Waals surface area contributed by atoms with E-state index >= 15 is 0 Å². The van der Waals surface area contributed by atoms with Gasteiger partial charge in [0.1, 0.15) is 33.0 Å². The zero-order chi connectivity index (χ0) is 61.2. The van der Waals surface area contributed by atoms with Crippen LogP contribution in [0.4, 0.5) is 0 Å². The first-order valence-electron chi connectivity index (χ1n) is 29.8. The molecule has 0 bridgehead atoms. The number of unbranched alkanes of at least 4 members (excludes halogenated alkanes) is 21. The normalized spacial score (nSPS) is 10.8. The quantitative estimate of drug-likeness (QED) is 0.0570. The fourth-order valence-electron chi connectivity index (χ4n) is 9.77. The molecular formula is C56H84N14O14. The maximum Gasteiger partial charge on any atom is 0.336 e. The van der Waals surface area contributed by atoms with E-state index in [-0.39, 0.29) is 91.9 Å². The average molecular weight is 1180 g/mol. The lowest BCUT2D eigenvalue weighted by Crippen LogP contribution is -2.54. The largest absolute Gasteiger partial charge is 0.428 e. The molecular weight excluding hydrogens is 1090 g/mol. The van der Waals surface area contributed by atoms with E-state index in [1.807, 2.05) is 0 Å². The minimum atomic E-state index is -0.768. The minimum absolute atomic E-state index is 0.0164. The summed E-state index contributed by atoms with van der Waals surface area (Å²) in [6, 6.07) is 0. The topological polar surface area (TPSA) is 363 Å². The summed E-state index contributed by atoms with van der Waals surface area (Å²) < 4.78 is 33.3. The van der Waals surface area contributed by atoms with Gasteiger partial charge in [0.25, 0.3) is 31.3 Å². The van der Waals surface area contributed by atoms with Crippen LogP contribution in [0.25, 0.3) is 0 Å². The van der Waals surface area contributed by atoms with Gasteiger partial charge in [0.2, 0.25) is 0 Å². The number of hydrogen-bond donors (Lipinski definition) is 0. The predicted octanol–water partition coefficient (Wildman–Crippen LogP) is 3.95. The Labute approximate surface area is 487 Å². The number of nitriles is 5. The lowest BCUT2D eigenvalue weighted by Gasteiger charge is -2.15. The highest BCUT2D eigenvalue weighted by molar-refractivity contribution is 4.83. The molecule has 3 rings (SSSR count). The smallest absolute Gasteiger partial charge is 0.336 e. The molecule has 0 radical (unpaired) electrons. The maximum absolute atomic E-state index is 14.0. The highest BCUT2D eigenvalue weighted by Gasteiger charge is 2.19. The van der Waals surface area contributed by atoms with Crippen molar-refractivity contribution >= 4 is 0 Å². The second-order valence-corrected chi connectivity index (χ2v) is 20.5. The summed E-state index contributed by atoms with van der Waals surface area (Å²) >= 11 is 0. The van der Waals surface area contributed by atoms with Gasteiger partial charge in [-0.1, -0.05) is 57.8 Å². The third kappa shape index (κ3) is 24.3. The standard InChI is InChI=1S/C56H84N14O14/c57-43-80-38-24-10-5-19-33-66-49(72)62(29-15-1-3-17-31-64-51(74)67(34-20-6-11-25-39-81-44-58)55(78)68(52(64)75)35-21-7-12-26-40-82-45-59)48(71)63(50(66)73)30-16-2-4-18-32-65-53(76)69(36-22-8-13-27-41-83-46-60)56(79)70(54(65)77)37-23-9-14-28-42-84-47-61/h1-42H2. The number of hydrogen-bond acceptors (Lipinski definition) is 19. The van der Waals surface area contributed by atoms with Crippen LogP contribution in [-0.2, 0) is 82.6 Å². The Morgan fingerprint density at radius 3 is 0.405 bits per heavy atom. The summed E-state index contributed by atoms with van der Waals surface area (Å²) in [4.78, 5) is 124. The first kappa shape index (κ1) is 69.9. The molecule has 0 unspecified atom stereocenters. The van der Waals surface area contributed by atoms with Gasteiger partial charge in [-0.25, -0.2) is 84.3 Å². The van der Waals surface area contributed by atoms with E-state index in [9.17, 15) is 43.2 Å². The molecule has 84 heavy (non-hydrogen) atoms. The molecule has 0 aliphatic carbocycles. The van der Waals surface area contributed by atoms with Gasteiger partial charge in [0.05, 0.1) is 0 Å². The van der Waals surface area contributed by atoms with E-state index in [1.165, 1.54) is 0 Å². The summed E-state index contributed by atoms with van der Waals surface area (Å²) in [7, 11) is 0. The highest BCUT2D eigenvalue weighted by Crippen LogP contribution is 2.08. The van der Waals surface area contributed by atoms with Crippen molar-refractivity contribution in [2.45, 2.75) is 239 Å². The lowest BCUT2D eigenvalue weighted by molar-refractivity contribution is 0.259. The fraction of sp³-hybridized carbons (Fsp3) is 0.750. The highest BCUT2D eigenvalue weighted by atomic mass is 16.5. The third-order valence-electron chi connectivity index (χ3n) is 14.4. The number of nitrogens with zero attached hydrogens (tertiary/aromatic N) is 14. The molecule has 0 aromatic carbocycles. The second kappa shape index (κ2) is 42.5. The van der Waals surface area contributed by atoms with Crippen molar-refractivity contribution in [2.75, 3.05) is 33.0 Å². The Balaban J connectivity index is 1.75. The predicted molar refractivity (Wildman–Crippen MR) is 305 cm³/mol. The molecule has 0 fully saturated rings. The van der Waals surface area contributed by atoms with Gasteiger partial charge < -0.3 is 23.7 Å². The van der Waals surface area contributed by atoms with Crippen LogP contribution in [0.1, 0.15) is 180 Å². The molecule has 3 aromatic rings. The van der Waals surface area contributed by atoms with E-state index in [0.29, 0.717) is 180 Å². The summed E-state index contributed by atoms with van der Waals surface area (Å²) in [6.45, 7) is 1.74. The van der Waals surface area contributed by atoms with E-state index in [2.05, 4.69) is 0 Å². The van der Waals surface area contributed by atoms with Crippen LogP contribution in [0.15, 0.2) is 43.2 Å². The molecule has 0 atom stereocenters. The molecule has 462 valence electrons. The van der Waals surface area contributed by atoms with Crippen LogP contribution in [0.2, 0.25) is 0 Å². The molecule has 0 aliphatic heterocycles. The molecule has 0 aliphatic rings. The first-order valence-corrected chi connectivity index (χ1v) is 29.8. The van der Waals surface area contributed by atoms with E-state index in [0.717, 1.165) is 41.1 Å². The van der Waals surface area contributed by atoms with Crippen molar-refractivity contribution in [2.24, 2.45) is 0 Å². The third-order valence-corrected chi connectivity index (χ3v) is 14.4. The Morgan fingerprint density at radius 2 is 0.298 bits per heavy atom. The molecule has 0 N–H and O–H groups in total. The van der Waals surface area contributed by atoms with Gasteiger partial charge >= 0.3 is 51.2 Å². The molecule has 0 spiro atoms. The van der Waals surface area contributed by atoms with Crippen molar-refractivity contribution in [1.29, 1.82) is 26.3 Å². The zero-order valence-corrected chi connectivity index (χ0v) is 48.7. The van der Waals surface area contributed by atoms with Crippen molar-refractivity contribution in [1.82, 2.24) is 41.1 Å². The van der Waals surface area contributed by atoms with Crippen LogP contribution in [0.5, 0.6) is 0 Å². The molecule has 3 heterocycles. The van der Waals surface area contributed by atoms with Crippen molar-refractivity contribution in [3.63, 3.8) is 0 Å². The van der Waals surface area contributed by atoms with Crippen LogP contribution in [0.3, 0.4) is 0 Å². The monoisotopic (exact) mass is 1180 g/mol. The van der Waals surface area contributed by atoms with Gasteiger partial charge in [-0.15, -0.1) is 0 Å². The van der Waals surface area contributed by atoms with Crippen LogP contribution in [0, 0.1) is 57.6 Å². The summed E-state index contributed by atoms with van der Waals surface area (Å²) in [5.41, 5.74) is -6.49. The summed E-state index contributed by atoms with van der Waals surface area (Å²) in [5.74, 6) is 0. The van der Waals surface area contributed by atoms with Crippen LogP contribution < -0.4 is 51.2 Å². The minimum Gasteiger partial charge on any atom is -0.428 e. The zero-order valence-electron chi connectivity index (χ0n) is 48.7. The van der Waals surface area contributed by atoms with Gasteiger partial charge in [0.15, 0.2) is 0 Å². The Kier molecular flexibility index (Phi) is 35.4. The number of rotatable bonds is 49. The second-order valence-electron chi connectivity index (χ2n) is 20.5. The van der Waals surface area contributed by atoms with Gasteiger partial charge in [-0.3, -0.25) is 0 Å². The Bertz CT molecular complexity index is 2910. The van der Waals surface area contributed by atoms with E-state index in [4.69, 9.17) is 50.0 Å². The molecule has 28 heteroatoms. The van der Waals surface area contributed by atoms with Crippen molar-refractivity contribution < 1.29 is 23.7 Å². The Morgan fingerprint density at radius 1 is 0.190 bits per heavy atom. The number of aromatic nitrogens is 9. The van der Waals surface area contributed by atoms with Gasteiger partial charge in [-0.2, -0.15) is 26.3 Å². The fourth-order valence-corrected chi connectivity index (χ4v) is 9.77. The van der Waals surface area contributed by atoms with Crippen LogP contribution in [-0.4, -0.2) is 74.1 Å².